The molecule has 3 nitrogen and oxygen atoms in total. The first kappa shape index (κ1) is 13.6. The van der Waals surface area contributed by atoms with E-state index in [1.54, 1.807) is 11.3 Å². The minimum Gasteiger partial charge on any atom is -0.479 e. The topological polar surface area (TPSA) is 45.0 Å². The molecular weight excluding hydrogens is 256 g/mol. The van der Waals surface area contributed by atoms with Gasteiger partial charge in [0.1, 0.15) is 11.8 Å². The van der Waals surface area contributed by atoms with E-state index in [-0.39, 0.29) is 6.61 Å². The Labute approximate surface area is 117 Å². The fraction of sp³-hybridized carbons (Fsp3) is 0.267. The Kier molecular flexibility index (Phi) is 4.96. The summed E-state index contributed by atoms with van der Waals surface area (Å²) in [7, 11) is 0. The van der Waals surface area contributed by atoms with E-state index in [4.69, 9.17) is 10.00 Å². The van der Waals surface area contributed by atoms with Gasteiger partial charge < -0.3 is 10.1 Å². The van der Waals surface area contributed by atoms with Crippen LogP contribution in [0.1, 0.15) is 23.4 Å². The maximum Gasteiger partial charge on any atom is 0.174 e. The van der Waals surface area contributed by atoms with Crippen molar-refractivity contribution in [2.24, 2.45) is 0 Å². The van der Waals surface area contributed by atoms with Crippen LogP contribution in [0.15, 0.2) is 41.8 Å². The van der Waals surface area contributed by atoms with E-state index in [0.29, 0.717) is 6.04 Å². The molecule has 0 spiro atoms. The summed E-state index contributed by atoms with van der Waals surface area (Å²) in [5.74, 6) is 0.740. The second-order valence-electron chi connectivity index (χ2n) is 4.21. The van der Waals surface area contributed by atoms with Gasteiger partial charge in [0.05, 0.1) is 0 Å². The van der Waals surface area contributed by atoms with E-state index in [1.807, 2.05) is 30.3 Å². The number of hydrogen-bond acceptors (Lipinski definition) is 4. The third kappa shape index (κ3) is 4.09. The first-order chi connectivity index (χ1) is 9.29. The lowest BCUT2D eigenvalue weighted by Crippen LogP contribution is -2.17. The second kappa shape index (κ2) is 6.93. The molecule has 0 amide bonds. The Morgan fingerprint density at radius 1 is 1.37 bits per heavy atom. The molecule has 4 heteroatoms. The van der Waals surface area contributed by atoms with Crippen molar-refractivity contribution in [3.63, 3.8) is 0 Å². The van der Waals surface area contributed by atoms with Crippen LogP contribution in [0.4, 0.5) is 0 Å². The van der Waals surface area contributed by atoms with Crippen LogP contribution in [-0.4, -0.2) is 6.61 Å². The average Bonchev–Trinajstić information content (AvgIpc) is 2.97. The fourth-order valence-electron chi connectivity index (χ4n) is 1.77. The van der Waals surface area contributed by atoms with Gasteiger partial charge in [0, 0.05) is 17.5 Å². The summed E-state index contributed by atoms with van der Waals surface area (Å²) in [6.07, 6.45) is 0. The molecule has 1 N–H and O–H groups in total. The molecule has 19 heavy (non-hydrogen) atoms. The molecule has 1 aromatic heterocycles. The van der Waals surface area contributed by atoms with E-state index in [1.165, 1.54) is 4.88 Å². The number of benzene rings is 1. The van der Waals surface area contributed by atoms with Gasteiger partial charge in [-0.2, -0.15) is 5.26 Å². The van der Waals surface area contributed by atoms with E-state index in [0.717, 1.165) is 17.9 Å². The summed E-state index contributed by atoms with van der Waals surface area (Å²) >= 11 is 1.76. The summed E-state index contributed by atoms with van der Waals surface area (Å²) in [5.41, 5.74) is 1.15. The lowest BCUT2D eigenvalue weighted by Gasteiger charge is -2.12. The summed E-state index contributed by atoms with van der Waals surface area (Å²) in [6, 6.07) is 14.3. The zero-order valence-electron chi connectivity index (χ0n) is 10.8. The van der Waals surface area contributed by atoms with E-state index in [2.05, 4.69) is 29.8 Å². The zero-order valence-corrected chi connectivity index (χ0v) is 11.6. The highest BCUT2D eigenvalue weighted by Gasteiger charge is 2.05. The molecule has 0 aliphatic rings. The molecule has 2 rings (SSSR count). The third-order valence-electron chi connectivity index (χ3n) is 2.78. The molecule has 0 aliphatic heterocycles. The Morgan fingerprint density at radius 2 is 2.26 bits per heavy atom. The average molecular weight is 272 g/mol. The van der Waals surface area contributed by atoms with E-state index < -0.39 is 0 Å². The van der Waals surface area contributed by atoms with Crippen LogP contribution in [0.5, 0.6) is 5.75 Å². The van der Waals surface area contributed by atoms with Gasteiger partial charge in [-0.25, -0.2) is 0 Å². The van der Waals surface area contributed by atoms with Crippen LogP contribution in [0.2, 0.25) is 0 Å². The van der Waals surface area contributed by atoms with Crippen LogP contribution in [-0.2, 0) is 6.54 Å². The molecule has 0 bridgehead atoms. The molecule has 1 unspecified atom stereocenters. The first-order valence-corrected chi connectivity index (χ1v) is 7.03. The van der Waals surface area contributed by atoms with Gasteiger partial charge in [-0.3, -0.25) is 0 Å². The molecule has 98 valence electrons. The summed E-state index contributed by atoms with van der Waals surface area (Å²) in [6.45, 7) is 3.02. The normalized spacial score (nSPS) is 11.8. The highest BCUT2D eigenvalue weighted by molar-refractivity contribution is 7.10. The van der Waals surface area contributed by atoms with Crippen LogP contribution < -0.4 is 10.1 Å². The van der Waals surface area contributed by atoms with Crippen LogP contribution in [0.25, 0.3) is 0 Å². The monoisotopic (exact) mass is 272 g/mol. The summed E-state index contributed by atoms with van der Waals surface area (Å²) in [4.78, 5) is 1.33. The summed E-state index contributed by atoms with van der Waals surface area (Å²) in [5, 5.41) is 14.1. The zero-order chi connectivity index (χ0) is 13.5. The molecule has 0 radical (unpaired) electrons. The molecule has 0 saturated carbocycles. The lowest BCUT2D eigenvalue weighted by atomic mass is 10.2. The van der Waals surface area contributed by atoms with Crippen molar-refractivity contribution >= 4 is 11.3 Å². The van der Waals surface area contributed by atoms with Gasteiger partial charge in [-0.15, -0.1) is 11.3 Å². The van der Waals surface area contributed by atoms with Crippen molar-refractivity contribution in [1.29, 1.82) is 5.26 Å². The van der Waals surface area contributed by atoms with Gasteiger partial charge in [0.15, 0.2) is 6.61 Å². The Balaban J connectivity index is 1.90. The number of nitriles is 1. The largest absolute Gasteiger partial charge is 0.479 e. The highest BCUT2D eigenvalue weighted by Crippen LogP contribution is 2.19. The minimum absolute atomic E-state index is 0.0858. The predicted octanol–water partition coefficient (Wildman–Crippen LogP) is 3.50. The van der Waals surface area contributed by atoms with Crippen LogP contribution in [0, 0.1) is 11.3 Å². The summed E-state index contributed by atoms with van der Waals surface area (Å²) < 4.78 is 5.29. The molecule has 1 heterocycles. The number of rotatable bonds is 6. The van der Waals surface area contributed by atoms with Crippen molar-refractivity contribution in [3.05, 3.63) is 52.2 Å². The van der Waals surface area contributed by atoms with Crippen LogP contribution in [0.3, 0.4) is 0 Å². The standard InChI is InChI=1S/C15H16N2OS/c1-12(15-6-3-9-19-15)17-11-13-4-2-5-14(10-13)18-8-7-16/h2-6,9-10,12,17H,8,11H2,1H3. The predicted molar refractivity (Wildman–Crippen MR) is 77.1 cm³/mol. The van der Waals surface area contributed by atoms with Gasteiger partial charge in [-0.05, 0) is 36.1 Å². The highest BCUT2D eigenvalue weighted by atomic mass is 32.1. The van der Waals surface area contributed by atoms with E-state index in [9.17, 15) is 0 Å². The van der Waals surface area contributed by atoms with Gasteiger partial charge in [-0.1, -0.05) is 18.2 Å². The molecular formula is C15H16N2OS. The Bertz CT molecular complexity index is 546. The van der Waals surface area contributed by atoms with Crippen molar-refractivity contribution in [2.75, 3.05) is 6.61 Å². The van der Waals surface area contributed by atoms with Crippen molar-refractivity contribution < 1.29 is 4.74 Å². The molecule has 0 saturated heterocycles. The first-order valence-electron chi connectivity index (χ1n) is 6.15. The van der Waals surface area contributed by atoms with Crippen molar-refractivity contribution in [2.45, 2.75) is 19.5 Å². The molecule has 2 aromatic rings. The molecule has 0 fully saturated rings. The number of ether oxygens (including phenoxy) is 1. The quantitative estimate of drug-likeness (QED) is 0.875. The van der Waals surface area contributed by atoms with Gasteiger partial charge >= 0.3 is 0 Å². The van der Waals surface area contributed by atoms with Gasteiger partial charge in [0.25, 0.3) is 0 Å². The van der Waals surface area contributed by atoms with E-state index >= 15 is 0 Å². The number of hydrogen-bond donors (Lipinski definition) is 1. The smallest absolute Gasteiger partial charge is 0.174 e. The number of thiophene rings is 1. The molecule has 1 atom stereocenters. The number of nitrogens with zero attached hydrogens (tertiary/aromatic N) is 1. The SMILES string of the molecule is CC(NCc1cccc(OCC#N)c1)c1cccs1. The number of nitrogens with one attached hydrogen (secondary N) is 1. The van der Waals surface area contributed by atoms with Gasteiger partial charge in [0.2, 0.25) is 0 Å². The maximum atomic E-state index is 8.49. The third-order valence-corrected chi connectivity index (χ3v) is 3.84. The Hall–Kier alpha value is -1.83. The second-order valence-corrected chi connectivity index (χ2v) is 5.19. The van der Waals surface area contributed by atoms with Crippen LogP contribution >= 0.6 is 11.3 Å². The Morgan fingerprint density at radius 3 is 3.00 bits per heavy atom. The minimum atomic E-state index is 0.0858. The van der Waals surface area contributed by atoms with Crippen molar-refractivity contribution in [3.8, 4) is 11.8 Å². The molecule has 1 aromatic carbocycles. The lowest BCUT2D eigenvalue weighted by molar-refractivity contribution is 0.367. The van der Waals surface area contributed by atoms with Crippen molar-refractivity contribution in [1.82, 2.24) is 5.32 Å². The molecule has 0 aliphatic carbocycles. The fourth-order valence-corrected chi connectivity index (χ4v) is 2.53. The maximum absolute atomic E-state index is 8.49.